The zero-order valence-electron chi connectivity index (χ0n) is 14.5. The van der Waals surface area contributed by atoms with Gasteiger partial charge in [-0.25, -0.2) is 0 Å². The molecular formula is C21H20O4. The molecule has 0 fully saturated rings. The lowest BCUT2D eigenvalue weighted by atomic mass is 9.83. The minimum absolute atomic E-state index is 0.0818. The zero-order valence-corrected chi connectivity index (χ0v) is 14.5. The standard InChI is InChI=1S/C21H20O4/c1-13(22)18-14(2)25-21(20(23)16-7-5-4-6-8-16)19(18)15-9-11-17(24-3)12-10-15/h4-12,19,21H,1-3H3/t19-,21-/m1/s1. The molecule has 0 aromatic heterocycles. The number of Topliss-reactive ketones (excluding diaryl/α,β-unsaturated/α-hetero) is 2. The molecule has 2 atom stereocenters. The summed E-state index contributed by atoms with van der Waals surface area (Å²) in [5, 5.41) is 0. The molecule has 0 saturated heterocycles. The first-order chi connectivity index (χ1) is 12.0. The van der Waals surface area contributed by atoms with Crippen molar-refractivity contribution in [2.24, 2.45) is 0 Å². The van der Waals surface area contributed by atoms with Crippen LogP contribution in [-0.4, -0.2) is 24.8 Å². The number of allylic oxidation sites excluding steroid dienone is 1. The van der Waals surface area contributed by atoms with E-state index in [1.165, 1.54) is 6.92 Å². The number of benzene rings is 2. The predicted molar refractivity (Wildman–Crippen MR) is 94.8 cm³/mol. The molecule has 0 unspecified atom stereocenters. The van der Waals surface area contributed by atoms with Crippen LogP contribution in [0.15, 0.2) is 65.9 Å². The minimum atomic E-state index is -0.741. The molecule has 2 aromatic rings. The molecule has 0 spiro atoms. The Bertz CT molecular complexity index is 819. The largest absolute Gasteiger partial charge is 0.497 e. The van der Waals surface area contributed by atoms with Crippen LogP contribution in [0, 0.1) is 0 Å². The molecule has 0 amide bonds. The van der Waals surface area contributed by atoms with Crippen LogP contribution in [0.2, 0.25) is 0 Å². The molecule has 0 bridgehead atoms. The lowest BCUT2D eigenvalue weighted by Gasteiger charge is -2.20. The summed E-state index contributed by atoms with van der Waals surface area (Å²) in [6.07, 6.45) is -0.741. The molecule has 128 valence electrons. The van der Waals surface area contributed by atoms with Crippen molar-refractivity contribution in [2.45, 2.75) is 25.9 Å². The summed E-state index contributed by atoms with van der Waals surface area (Å²) in [4.78, 5) is 25.2. The monoisotopic (exact) mass is 336 g/mol. The normalized spacial score (nSPS) is 19.5. The maximum atomic E-state index is 13.0. The molecule has 1 heterocycles. The van der Waals surface area contributed by atoms with Gasteiger partial charge < -0.3 is 9.47 Å². The Morgan fingerprint density at radius 3 is 2.20 bits per heavy atom. The molecule has 25 heavy (non-hydrogen) atoms. The molecule has 2 aromatic carbocycles. The van der Waals surface area contributed by atoms with Crippen molar-refractivity contribution in [3.05, 3.63) is 77.1 Å². The number of hydrogen-bond donors (Lipinski definition) is 0. The molecule has 3 rings (SSSR count). The van der Waals surface area contributed by atoms with Crippen LogP contribution >= 0.6 is 0 Å². The van der Waals surface area contributed by atoms with Gasteiger partial charge in [0.2, 0.25) is 5.78 Å². The molecule has 0 aliphatic carbocycles. The third kappa shape index (κ3) is 3.20. The predicted octanol–water partition coefficient (Wildman–Crippen LogP) is 3.92. The van der Waals surface area contributed by atoms with Crippen molar-refractivity contribution < 1.29 is 19.1 Å². The number of hydrogen-bond acceptors (Lipinski definition) is 4. The van der Waals surface area contributed by atoms with Gasteiger partial charge in [-0.05, 0) is 31.5 Å². The number of methoxy groups -OCH3 is 1. The average molecular weight is 336 g/mol. The first-order valence-electron chi connectivity index (χ1n) is 8.14. The van der Waals surface area contributed by atoms with Gasteiger partial charge in [0.05, 0.1) is 13.0 Å². The van der Waals surface area contributed by atoms with Crippen LogP contribution in [0.1, 0.15) is 35.7 Å². The Morgan fingerprint density at radius 1 is 1.00 bits per heavy atom. The van der Waals surface area contributed by atoms with Crippen LogP contribution in [0.25, 0.3) is 0 Å². The number of ketones is 2. The molecule has 0 radical (unpaired) electrons. The Morgan fingerprint density at radius 2 is 1.64 bits per heavy atom. The second-order valence-corrected chi connectivity index (χ2v) is 6.05. The zero-order chi connectivity index (χ0) is 18.0. The Hall–Kier alpha value is -2.88. The second-order valence-electron chi connectivity index (χ2n) is 6.05. The van der Waals surface area contributed by atoms with Gasteiger partial charge in [-0.1, -0.05) is 42.5 Å². The van der Waals surface area contributed by atoms with Crippen LogP contribution in [0.3, 0.4) is 0 Å². The number of rotatable bonds is 5. The highest BCUT2D eigenvalue weighted by molar-refractivity contribution is 6.04. The van der Waals surface area contributed by atoms with Crippen LogP contribution < -0.4 is 4.74 Å². The van der Waals surface area contributed by atoms with Crippen LogP contribution in [-0.2, 0) is 9.53 Å². The highest BCUT2D eigenvalue weighted by Gasteiger charge is 2.42. The molecule has 1 aliphatic heterocycles. The van der Waals surface area contributed by atoms with E-state index in [1.54, 1.807) is 26.2 Å². The van der Waals surface area contributed by atoms with Crippen LogP contribution in [0.5, 0.6) is 5.75 Å². The van der Waals surface area contributed by atoms with Crippen molar-refractivity contribution in [1.82, 2.24) is 0 Å². The Balaban J connectivity index is 2.03. The smallest absolute Gasteiger partial charge is 0.204 e. The SMILES string of the molecule is COc1ccc([C@@H]2C(C(C)=O)=C(C)O[C@H]2C(=O)c2ccccc2)cc1. The molecular weight excluding hydrogens is 316 g/mol. The third-order valence-electron chi connectivity index (χ3n) is 4.47. The van der Waals surface area contributed by atoms with E-state index in [0.717, 1.165) is 11.3 Å². The summed E-state index contributed by atoms with van der Waals surface area (Å²) in [5.41, 5.74) is 1.99. The number of carbonyl (C=O) groups excluding carboxylic acids is 2. The van der Waals surface area contributed by atoms with Gasteiger partial charge in [0.1, 0.15) is 11.5 Å². The van der Waals surface area contributed by atoms with Crippen molar-refractivity contribution in [1.29, 1.82) is 0 Å². The first kappa shape index (κ1) is 17.0. The summed E-state index contributed by atoms with van der Waals surface area (Å²) < 4.78 is 11.0. The van der Waals surface area contributed by atoms with E-state index in [1.807, 2.05) is 42.5 Å². The van der Waals surface area contributed by atoms with E-state index in [2.05, 4.69) is 0 Å². The quantitative estimate of drug-likeness (QED) is 0.777. The summed E-state index contributed by atoms with van der Waals surface area (Å²) >= 11 is 0. The van der Waals surface area contributed by atoms with Crippen molar-refractivity contribution in [3.8, 4) is 5.75 Å². The van der Waals surface area contributed by atoms with Gasteiger partial charge in [-0.15, -0.1) is 0 Å². The third-order valence-corrected chi connectivity index (χ3v) is 4.47. The fraction of sp³-hybridized carbons (Fsp3) is 0.238. The number of ether oxygens (including phenoxy) is 2. The van der Waals surface area contributed by atoms with Gasteiger partial charge in [0.25, 0.3) is 0 Å². The van der Waals surface area contributed by atoms with E-state index in [0.29, 0.717) is 16.9 Å². The topological polar surface area (TPSA) is 52.6 Å². The average Bonchev–Trinajstić information content (AvgIpc) is 2.99. The lowest BCUT2D eigenvalue weighted by molar-refractivity contribution is -0.113. The molecule has 1 aliphatic rings. The van der Waals surface area contributed by atoms with Crippen molar-refractivity contribution >= 4 is 11.6 Å². The minimum Gasteiger partial charge on any atom is -0.497 e. The Labute approximate surface area is 147 Å². The fourth-order valence-corrected chi connectivity index (χ4v) is 3.28. The van der Waals surface area contributed by atoms with E-state index in [-0.39, 0.29) is 11.6 Å². The highest BCUT2D eigenvalue weighted by atomic mass is 16.5. The highest BCUT2D eigenvalue weighted by Crippen LogP contribution is 2.41. The maximum Gasteiger partial charge on any atom is 0.204 e. The first-order valence-corrected chi connectivity index (χ1v) is 8.14. The summed E-state index contributed by atoms with van der Waals surface area (Å²) in [6.45, 7) is 3.25. The van der Waals surface area contributed by atoms with Gasteiger partial charge in [-0.2, -0.15) is 0 Å². The summed E-state index contributed by atoms with van der Waals surface area (Å²) in [6, 6.07) is 16.4. The van der Waals surface area contributed by atoms with E-state index < -0.39 is 12.0 Å². The number of carbonyl (C=O) groups is 2. The van der Waals surface area contributed by atoms with Gasteiger partial charge in [0.15, 0.2) is 11.9 Å². The molecule has 4 nitrogen and oxygen atoms in total. The Kier molecular flexibility index (Phi) is 4.70. The van der Waals surface area contributed by atoms with Gasteiger partial charge in [-0.3, -0.25) is 9.59 Å². The molecule has 4 heteroatoms. The molecule has 0 saturated carbocycles. The van der Waals surface area contributed by atoms with Crippen LogP contribution in [0.4, 0.5) is 0 Å². The lowest BCUT2D eigenvalue weighted by Crippen LogP contribution is -2.28. The molecule has 0 N–H and O–H groups in total. The summed E-state index contributed by atoms with van der Waals surface area (Å²) in [7, 11) is 1.60. The van der Waals surface area contributed by atoms with E-state index in [9.17, 15) is 9.59 Å². The van der Waals surface area contributed by atoms with Crippen molar-refractivity contribution in [3.63, 3.8) is 0 Å². The van der Waals surface area contributed by atoms with E-state index >= 15 is 0 Å². The van der Waals surface area contributed by atoms with Crippen molar-refractivity contribution in [2.75, 3.05) is 7.11 Å². The van der Waals surface area contributed by atoms with E-state index in [4.69, 9.17) is 9.47 Å². The van der Waals surface area contributed by atoms with Gasteiger partial charge >= 0.3 is 0 Å². The summed E-state index contributed by atoms with van der Waals surface area (Å²) in [5.74, 6) is 0.607. The maximum absolute atomic E-state index is 13.0. The van der Waals surface area contributed by atoms with Gasteiger partial charge in [0, 0.05) is 11.1 Å². The second kappa shape index (κ2) is 6.93. The fourth-order valence-electron chi connectivity index (χ4n) is 3.28.